The number of aliphatic hydroxyl groups excluding tert-OH is 1. The molecule has 114 valence electrons. The van der Waals surface area contributed by atoms with E-state index in [0.717, 1.165) is 12.8 Å². The summed E-state index contributed by atoms with van der Waals surface area (Å²) < 4.78 is 5.46. The lowest BCUT2D eigenvalue weighted by atomic mass is 10.0. The number of unbranched alkanes of at least 4 members (excludes halogenated alkanes) is 1. The molecule has 0 heterocycles. The molecule has 0 aliphatic carbocycles. The molecule has 0 spiro atoms. The number of hydroxylamine groups is 2. The molecule has 2 amide bonds. The Labute approximate surface area is 115 Å². The minimum absolute atomic E-state index is 0.0650. The number of urea groups is 1. The largest absolute Gasteiger partial charge is 0.389 e. The minimum Gasteiger partial charge on any atom is -0.389 e. The minimum atomic E-state index is -0.757. The van der Waals surface area contributed by atoms with Gasteiger partial charge in [-0.05, 0) is 12.3 Å². The van der Waals surface area contributed by atoms with Gasteiger partial charge in [-0.3, -0.25) is 5.21 Å². The van der Waals surface area contributed by atoms with Crippen LogP contribution in [0.2, 0.25) is 0 Å². The second-order valence-corrected chi connectivity index (χ2v) is 4.82. The fraction of sp³-hybridized carbons (Fsp3) is 0.923. The van der Waals surface area contributed by atoms with Gasteiger partial charge >= 0.3 is 6.03 Å². The molecule has 0 saturated heterocycles. The quantitative estimate of drug-likeness (QED) is 0.418. The van der Waals surface area contributed by atoms with Crippen LogP contribution in [0.5, 0.6) is 0 Å². The van der Waals surface area contributed by atoms with Crippen LogP contribution < -0.4 is 5.32 Å². The van der Waals surface area contributed by atoms with E-state index in [4.69, 9.17) is 9.94 Å². The fourth-order valence-electron chi connectivity index (χ4n) is 1.65. The van der Waals surface area contributed by atoms with Gasteiger partial charge in [0.1, 0.15) is 0 Å². The molecule has 0 fully saturated rings. The Bertz CT molecular complexity index is 237. The molecule has 6 nitrogen and oxygen atoms in total. The molecule has 0 aliphatic rings. The molecule has 0 saturated carbocycles. The van der Waals surface area contributed by atoms with E-state index in [1.54, 1.807) is 0 Å². The lowest BCUT2D eigenvalue weighted by Gasteiger charge is -2.17. The third kappa shape index (κ3) is 9.69. The molecule has 0 radical (unpaired) electrons. The van der Waals surface area contributed by atoms with Crippen molar-refractivity contribution in [2.45, 2.75) is 45.6 Å². The summed E-state index contributed by atoms with van der Waals surface area (Å²) in [4.78, 5) is 11.0. The first kappa shape index (κ1) is 18.1. The van der Waals surface area contributed by atoms with Crippen molar-refractivity contribution in [3.8, 4) is 0 Å². The Morgan fingerprint density at radius 3 is 2.58 bits per heavy atom. The van der Waals surface area contributed by atoms with Gasteiger partial charge in [0, 0.05) is 20.2 Å². The summed E-state index contributed by atoms with van der Waals surface area (Å²) in [6, 6.07) is -0.645. The lowest BCUT2D eigenvalue weighted by Crippen LogP contribution is -2.40. The van der Waals surface area contributed by atoms with Crippen LogP contribution >= 0.6 is 0 Å². The Balaban J connectivity index is 3.66. The fourth-order valence-corrected chi connectivity index (χ4v) is 1.65. The first-order valence-electron chi connectivity index (χ1n) is 6.97. The number of carbonyl (C=O) groups is 1. The topological polar surface area (TPSA) is 82.0 Å². The normalized spacial score (nSPS) is 13.9. The van der Waals surface area contributed by atoms with E-state index >= 15 is 0 Å². The molecule has 0 aromatic rings. The first-order valence-corrected chi connectivity index (χ1v) is 6.97. The summed E-state index contributed by atoms with van der Waals surface area (Å²) in [6.07, 6.45) is 3.84. The molecule has 3 N–H and O–H groups in total. The van der Waals surface area contributed by atoms with Gasteiger partial charge in [0.15, 0.2) is 0 Å². The van der Waals surface area contributed by atoms with Crippen molar-refractivity contribution in [2.24, 2.45) is 5.92 Å². The molecule has 0 rings (SSSR count). The number of hydrogen-bond donors (Lipinski definition) is 3. The van der Waals surface area contributed by atoms with Crippen molar-refractivity contribution in [3.05, 3.63) is 0 Å². The van der Waals surface area contributed by atoms with Crippen molar-refractivity contribution in [1.82, 2.24) is 10.4 Å². The van der Waals surface area contributed by atoms with Crippen LogP contribution in [0.4, 0.5) is 4.79 Å². The van der Waals surface area contributed by atoms with E-state index in [9.17, 15) is 9.90 Å². The standard InChI is InChI=1S/C13H28N2O4/c1-4-6-7-11(5-2)9-19-10-12(16)8-14-13(17)15(3)18/h11-12,16,18H,4-10H2,1-3H3,(H,14,17). The Morgan fingerprint density at radius 1 is 1.37 bits per heavy atom. The second kappa shape index (κ2) is 11.0. The van der Waals surface area contributed by atoms with Crippen molar-refractivity contribution < 1.29 is 19.8 Å². The van der Waals surface area contributed by atoms with Gasteiger partial charge in [-0.25, -0.2) is 9.86 Å². The van der Waals surface area contributed by atoms with Crippen LogP contribution in [0.1, 0.15) is 39.5 Å². The Morgan fingerprint density at radius 2 is 2.05 bits per heavy atom. The highest BCUT2D eigenvalue weighted by Crippen LogP contribution is 2.12. The van der Waals surface area contributed by atoms with E-state index in [1.807, 2.05) is 0 Å². The number of ether oxygens (including phenoxy) is 1. The van der Waals surface area contributed by atoms with Gasteiger partial charge in [-0.15, -0.1) is 0 Å². The maximum absolute atomic E-state index is 11.0. The van der Waals surface area contributed by atoms with Crippen LogP contribution in [0.25, 0.3) is 0 Å². The zero-order valence-corrected chi connectivity index (χ0v) is 12.3. The van der Waals surface area contributed by atoms with Crippen molar-refractivity contribution in [2.75, 3.05) is 26.8 Å². The molecule has 2 atom stereocenters. The monoisotopic (exact) mass is 276 g/mol. The molecule has 0 aromatic carbocycles. The van der Waals surface area contributed by atoms with Gasteiger partial charge in [-0.1, -0.05) is 33.1 Å². The van der Waals surface area contributed by atoms with Gasteiger partial charge < -0.3 is 15.2 Å². The van der Waals surface area contributed by atoms with E-state index in [2.05, 4.69) is 19.2 Å². The van der Waals surface area contributed by atoms with Gasteiger partial charge in [0.05, 0.1) is 12.7 Å². The van der Waals surface area contributed by atoms with E-state index in [1.165, 1.54) is 19.9 Å². The lowest BCUT2D eigenvalue weighted by molar-refractivity contribution is -0.0216. The summed E-state index contributed by atoms with van der Waals surface area (Å²) in [7, 11) is 1.22. The molecular weight excluding hydrogens is 248 g/mol. The van der Waals surface area contributed by atoms with Crippen LogP contribution in [0.3, 0.4) is 0 Å². The average molecular weight is 276 g/mol. The van der Waals surface area contributed by atoms with Crippen molar-refractivity contribution in [3.63, 3.8) is 0 Å². The second-order valence-electron chi connectivity index (χ2n) is 4.82. The molecule has 0 aromatic heterocycles. The van der Waals surface area contributed by atoms with Crippen LogP contribution in [0.15, 0.2) is 0 Å². The number of amides is 2. The van der Waals surface area contributed by atoms with E-state index in [-0.39, 0.29) is 13.2 Å². The highest BCUT2D eigenvalue weighted by molar-refractivity contribution is 5.72. The average Bonchev–Trinajstić information content (AvgIpc) is 2.39. The molecule has 0 bridgehead atoms. The summed E-state index contributed by atoms with van der Waals surface area (Å²) in [6.45, 7) is 5.20. The highest BCUT2D eigenvalue weighted by Gasteiger charge is 2.11. The smallest absolute Gasteiger partial charge is 0.340 e. The number of nitrogens with one attached hydrogen (secondary N) is 1. The predicted molar refractivity (Wildman–Crippen MR) is 73.1 cm³/mol. The molecular formula is C13H28N2O4. The molecule has 2 unspecified atom stereocenters. The third-order valence-corrected chi connectivity index (χ3v) is 2.99. The summed E-state index contributed by atoms with van der Waals surface area (Å²) >= 11 is 0. The summed E-state index contributed by atoms with van der Waals surface area (Å²) in [5.41, 5.74) is 0. The van der Waals surface area contributed by atoms with E-state index < -0.39 is 12.1 Å². The maximum atomic E-state index is 11.0. The van der Waals surface area contributed by atoms with Gasteiger partial charge in [0.2, 0.25) is 0 Å². The van der Waals surface area contributed by atoms with Gasteiger partial charge in [-0.2, -0.15) is 0 Å². The molecule has 19 heavy (non-hydrogen) atoms. The maximum Gasteiger partial charge on any atom is 0.340 e. The SMILES string of the molecule is CCCCC(CC)COCC(O)CNC(=O)N(C)O. The predicted octanol–water partition coefficient (Wildman–Crippen LogP) is 1.61. The van der Waals surface area contributed by atoms with Gasteiger partial charge in [0.25, 0.3) is 0 Å². The number of rotatable bonds is 10. The van der Waals surface area contributed by atoms with Crippen molar-refractivity contribution in [1.29, 1.82) is 0 Å². The first-order chi connectivity index (χ1) is 9.01. The number of aliphatic hydroxyl groups is 1. The zero-order chi connectivity index (χ0) is 14.7. The summed E-state index contributed by atoms with van der Waals surface area (Å²) in [5.74, 6) is 0.533. The van der Waals surface area contributed by atoms with E-state index in [0.29, 0.717) is 17.6 Å². The van der Waals surface area contributed by atoms with Crippen LogP contribution in [-0.2, 0) is 4.74 Å². The Hall–Kier alpha value is -0.850. The number of nitrogens with zero attached hydrogens (tertiary/aromatic N) is 1. The molecule has 6 heteroatoms. The Kier molecular flexibility index (Phi) is 10.5. The summed E-state index contributed by atoms with van der Waals surface area (Å²) in [5, 5.41) is 21.2. The third-order valence-electron chi connectivity index (χ3n) is 2.99. The molecule has 0 aliphatic heterocycles. The zero-order valence-electron chi connectivity index (χ0n) is 12.3. The highest BCUT2D eigenvalue weighted by atomic mass is 16.5. The van der Waals surface area contributed by atoms with Crippen LogP contribution in [0, 0.1) is 5.92 Å². The number of carbonyl (C=O) groups excluding carboxylic acids is 1. The number of hydrogen-bond acceptors (Lipinski definition) is 4. The van der Waals surface area contributed by atoms with Crippen LogP contribution in [-0.4, -0.2) is 54.3 Å². The van der Waals surface area contributed by atoms with Crippen molar-refractivity contribution >= 4 is 6.03 Å².